The van der Waals surface area contributed by atoms with E-state index >= 15 is 0 Å². The van der Waals surface area contributed by atoms with Crippen molar-refractivity contribution in [2.24, 2.45) is 16.6 Å². The van der Waals surface area contributed by atoms with Crippen molar-refractivity contribution in [3.63, 3.8) is 0 Å². The van der Waals surface area contributed by atoms with Gasteiger partial charge in [0.15, 0.2) is 5.79 Å². The quantitative estimate of drug-likeness (QED) is 0.538. The second-order valence-corrected chi connectivity index (χ2v) is 10.2. The maximum absolute atomic E-state index is 13.3. The Morgan fingerprint density at radius 3 is 2.59 bits per heavy atom. The van der Waals surface area contributed by atoms with Crippen molar-refractivity contribution in [1.82, 2.24) is 25.7 Å². The number of nitrogens with zero attached hydrogens (tertiary/aromatic N) is 3. The number of hydrogen-bond donors (Lipinski definition) is 4. The predicted octanol–water partition coefficient (Wildman–Crippen LogP) is 3.87. The number of rotatable bonds is 5. The average molecular weight is 466 g/mol. The van der Waals surface area contributed by atoms with E-state index < -0.39 is 5.79 Å². The number of aromatic nitrogens is 2. The number of hydrogen-bond acceptors (Lipinski definition) is 6. The van der Waals surface area contributed by atoms with E-state index in [0.29, 0.717) is 12.0 Å². The van der Waals surface area contributed by atoms with Crippen molar-refractivity contribution >= 4 is 5.84 Å². The number of H-pyrrole nitrogens is 1. The molecule has 0 bridgehead atoms. The summed E-state index contributed by atoms with van der Waals surface area (Å²) in [4.78, 5) is 7.20. The smallest absolute Gasteiger partial charge is 0.187 e. The summed E-state index contributed by atoms with van der Waals surface area (Å²) in [5.74, 6) is 0.411. The molecule has 0 spiro atoms. The summed E-state index contributed by atoms with van der Waals surface area (Å²) in [6.07, 6.45) is 10.6. The van der Waals surface area contributed by atoms with E-state index in [-0.39, 0.29) is 5.82 Å². The maximum Gasteiger partial charge on any atom is 0.187 e. The summed E-state index contributed by atoms with van der Waals surface area (Å²) in [5.41, 5.74) is 12.6. The minimum Gasteiger partial charge on any atom is -0.363 e. The van der Waals surface area contributed by atoms with Gasteiger partial charge in [0.2, 0.25) is 0 Å². The monoisotopic (exact) mass is 465 g/mol. The van der Waals surface area contributed by atoms with Crippen molar-refractivity contribution in [2.45, 2.75) is 69.7 Å². The van der Waals surface area contributed by atoms with Gasteiger partial charge in [-0.15, -0.1) is 0 Å². The van der Waals surface area contributed by atoms with E-state index in [1.54, 1.807) is 12.1 Å². The van der Waals surface area contributed by atoms with E-state index in [1.807, 2.05) is 6.20 Å². The van der Waals surface area contributed by atoms with E-state index in [0.717, 1.165) is 67.7 Å². The highest BCUT2D eigenvalue weighted by atomic mass is 19.1. The lowest BCUT2D eigenvalue weighted by Gasteiger charge is -2.45. The maximum atomic E-state index is 13.3. The van der Waals surface area contributed by atoms with Crippen LogP contribution in [0.15, 0.2) is 46.7 Å². The Morgan fingerprint density at radius 2 is 1.85 bits per heavy atom. The Hall–Kier alpha value is -2.71. The van der Waals surface area contributed by atoms with E-state index in [9.17, 15) is 4.39 Å². The third-order valence-electron chi connectivity index (χ3n) is 7.58. The lowest BCUT2D eigenvalue weighted by atomic mass is 9.80. The molecule has 1 unspecified atom stereocenters. The average Bonchev–Trinajstić information content (AvgIpc) is 3.31. The molecule has 1 aromatic carbocycles. The summed E-state index contributed by atoms with van der Waals surface area (Å²) < 4.78 is 13.3. The molecule has 0 amide bonds. The molecular formula is C26H36FN7. The van der Waals surface area contributed by atoms with Crippen molar-refractivity contribution < 1.29 is 4.39 Å². The number of allylic oxidation sites excluding steroid dienone is 1. The number of amidine groups is 1. The molecule has 182 valence electrons. The molecule has 5 N–H and O–H groups in total. The second-order valence-electron chi connectivity index (χ2n) is 10.2. The molecule has 1 fully saturated rings. The van der Waals surface area contributed by atoms with Gasteiger partial charge in [0.25, 0.3) is 0 Å². The minimum atomic E-state index is -0.721. The van der Waals surface area contributed by atoms with Gasteiger partial charge in [-0.05, 0) is 75.6 Å². The lowest BCUT2D eigenvalue weighted by Crippen LogP contribution is -2.61. The largest absolute Gasteiger partial charge is 0.363 e. The summed E-state index contributed by atoms with van der Waals surface area (Å²) in [6, 6.07) is 6.96. The zero-order chi connectivity index (χ0) is 23.7. The van der Waals surface area contributed by atoms with Gasteiger partial charge in [-0.2, -0.15) is 5.10 Å². The highest BCUT2D eigenvalue weighted by molar-refractivity contribution is 5.99. The molecule has 0 radical (unpaired) electrons. The SMILES string of the molecule is CN(C)C1=NC(N)(C2CCC(NCc3cn[nH]c3-c3ccc(F)cc3)CC2)NC2=C1CCCC2. The molecule has 1 saturated carbocycles. The lowest BCUT2D eigenvalue weighted by molar-refractivity contribution is 0.160. The summed E-state index contributed by atoms with van der Waals surface area (Å²) in [6.45, 7) is 0.726. The molecule has 2 heterocycles. The molecule has 5 rings (SSSR count). The predicted molar refractivity (Wildman–Crippen MR) is 133 cm³/mol. The van der Waals surface area contributed by atoms with Crippen molar-refractivity contribution in [1.29, 1.82) is 0 Å². The number of nitrogens with one attached hydrogen (secondary N) is 3. The fourth-order valence-electron chi connectivity index (χ4n) is 5.67. The molecule has 1 aliphatic heterocycles. The van der Waals surface area contributed by atoms with Gasteiger partial charge < -0.3 is 15.5 Å². The Labute approximate surface area is 201 Å². The van der Waals surface area contributed by atoms with E-state index in [1.165, 1.54) is 36.2 Å². The van der Waals surface area contributed by atoms with Crippen LogP contribution in [0.1, 0.15) is 56.9 Å². The first kappa shape index (κ1) is 23.1. The molecule has 0 saturated heterocycles. The van der Waals surface area contributed by atoms with E-state index in [2.05, 4.69) is 39.8 Å². The molecule has 2 aliphatic carbocycles. The van der Waals surface area contributed by atoms with Gasteiger partial charge in [-0.1, -0.05) is 0 Å². The van der Waals surface area contributed by atoms with Gasteiger partial charge in [-0.25, -0.2) is 9.38 Å². The van der Waals surface area contributed by atoms with Crippen LogP contribution in [0, 0.1) is 11.7 Å². The summed E-state index contributed by atoms with van der Waals surface area (Å²) in [7, 11) is 4.14. The number of likely N-dealkylation sites (N-methyl/N-ethyl adjacent to an activating group) is 1. The van der Waals surface area contributed by atoms with Crippen LogP contribution in [0.4, 0.5) is 4.39 Å². The molecule has 1 aromatic heterocycles. The zero-order valence-electron chi connectivity index (χ0n) is 20.2. The Bertz CT molecular complexity index is 1060. The van der Waals surface area contributed by atoms with Crippen LogP contribution in [0.25, 0.3) is 11.3 Å². The van der Waals surface area contributed by atoms with Gasteiger partial charge in [0.1, 0.15) is 11.7 Å². The van der Waals surface area contributed by atoms with Crippen LogP contribution >= 0.6 is 0 Å². The van der Waals surface area contributed by atoms with Gasteiger partial charge in [0.05, 0.1) is 11.9 Å². The number of halogens is 1. The molecular weight excluding hydrogens is 429 g/mol. The van der Waals surface area contributed by atoms with Crippen LogP contribution in [-0.2, 0) is 6.54 Å². The Kier molecular flexibility index (Phi) is 6.44. The fourth-order valence-corrected chi connectivity index (χ4v) is 5.67. The third-order valence-corrected chi connectivity index (χ3v) is 7.58. The normalized spacial score (nSPS) is 27.1. The summed E-state index contributed by atoms with van der Waals surface area (Å²) >= 11 is 0. The molecule has 34 heavy (non-hydrogen) atoms. The molecule has 3 aliphatic rings. The molecule has 8 heteroatoms. The van der Waals surface area contributed by atoms with Gasteiger partial charge in [-0.3, -0.25) is 10.8 Å². The molecule has 7 nitrogen and oxygen atoms in total. The van der Waals surface area contributed by atoms with Crippen LogP contribution in [-0.4, -0.2) is 46.9 Å². The number of benzene rings is 1. The van der Waals surface area contributed by atoms with Crippen LogP contribution in [0.5, 0.6) is 0 Å². The number of aromatic amines is 1. The zero-order valence-corrected chi connectivity index (χ0v) is 20.2. The highest BCUT2D eigenvalue weighted by Crippen LogP contribution is 2.37. The first-order valence-electron chi connectivity index (χ1n) is 12.5. The van der Waals surface area contributed by atoms with Crippen molar-refractivity contribution in [3.05, 3.63) is 53.1 Å². The van der Waals surface area contributed by atoms with Gasteiger partial charge >= 0.3 is 0 Å². The standard InChI is InChI=1S/C26H36FN7/c1-34(2)25-22-5-3-4-6-23(22)31-26(28,32-25)19-9-13-21(14-10-19)29-15-18-16-30-33-24(18)17-7-11-20(27)12-8-17/h7-8,11-12,16,19,21,29,31H,3-6,9-10,13-15,28H2,1-2H3,(H,30,33). The summed E-state index contributed by atoms with van der Waals surface area (Å²) in [5, 5.41) is 14.6. The van der Waals surface area contributed by atoms with Crippen molar-refractivity contribution in [2.75, 3.05) is 14.1 Å². The molecule has 1 atom stereocenters. The van der Waals surface area contributed by atoms with Crippen LogP contribution in [0.2, 0.25) is 0 Å². The van der Waals surface area contributed by atoms with E-state index in [4.69, 9.17) is 10.7 Å². The Balaban J connectivity index is 1.20. The molecule has 2 aromatic rings. The first-order valence-corrected chi connectivity index (χ1v) is 12.5. The van der Waals surface area contributed by atoms with Crippen LogP contribution in [0.3, 0.4) is 0 Å². The topological polar surface area (TPSA) is 94.4 Å². The Morgan fingerprint density at radius 1 is 1.12 bits per heavy atom. The number of nitrogens with two attached hydrogens (primary N) is 1. The fraction of sp³-hybridized carbons (Fsp3) is 0.538. The third kappa shape index (κ3) is 4.61. The van der Waals surface area contributed by atoms with Crippen molar-refractivity contribution in [3.8, 4) is 11.3 Å². The second kappa shape index (κ2) is 9.50. The first-order chi connectivity index (χ1) is 16.4. The number of aliphatic imine (C=N–C) groups is 1. The highest BCUT2D eigenvalue weighted by Gasteiger charge is 2.42. The minimum absolute atomic E-state index is 0.233. The van der Waals surface area contributed by atoms with Gasteiger partial charge in [0, 0.05) is 55.0 Å². The van der Waals surface area contributed by atoms with Crippen LogP contribution < -0.4 is 16.4 Å².